The maximum atomic E-state index is 9.76. The molecule has 0 unspecified atom stereocenters. The van der Waals surface area contributed by atoms with Crippen molar-refractivity contribution in [1.29, 1.82) is 10.5 Å². The fourth-order valence-electron chi connectivity index (χ4n) is 5.10. The number of nitriles is 2. The molecule has 0 aliphatic carbocycles. The van der Waals surface area contributed by atoms with Crippen molar-refractivity contribution in [3.8, 4) is 34.5 Å². The Balaban J connectivity index is 1.33. The monoisotopic (exact) mass is 435 g/mol. The van der Waals surface area contributed by atoms with Crippen molar-refractivity contribution < 1.29 is 0 Å². The third kappa shape index (κ3) is 3.13. The number of aromatic nitrogens is 5. The molecule has 9 heteroatoms. The third-order valence-corrected chi connectivity index (χ3v) is 6.78. The van der Waals surface area contributed by atoms with Crippen molar-refractivity contribution in [3.05, 3.63) is 48.5 Å². The van der Waals surface area contributed by atoms with Gasteiger partial charge in [-0.25, -0.2) is 9.97 Å². The Hall–Kier alpha value is -4.21. The minimum Gasteiger partial charge on any atom is -0.355 e. The van der Waals surface area contributed by atoms with Crippen molar-refractivity contribution >= 4 is 16.9 Å². The van der Waals surface area contributed by atoms with Gasteiger partial charge in [-0.05, 0) is 18.2 Å². The van der Waals surface area contributed by atoms with Crippen LogP contribution in [0.1, 0.15) is 12.0 Å². The molecule has 0 saturated carbocycles. The molecule has 0 radical (unpaired) electrons. The van der Waals surface area contributed by atoms with E-state index in [1.165, 1.54) is 0 Å². The highest BCUT2D eigenvalue weighted by molar-refractivity contribution is 5.98. The predicted molar refractivity (Wildman–Crippen MR) is 123 cm³/mol. The van der Waals surface area contributed by atoms with Crippen LogP contribution in [0.4, 0.5) is 5.82 Å². The Morgan fingerprint density at radius 2 is 2.03 bits per heavy atom. The van der Waals surface area contributed by atoms with Gasteiger partial charge in [-0.1, -0.05) is 0 Å². The maximum absolute atomic E-state index is 9.76. The number of pyridine rings is 2. The van der Waals surface area contributed by atoms with Gasteiger partial charge in [0.2, 0.25) is 0 Å². The van der Waals surface area contributed by atoms with Crippen molar-refractivity contribution in [1.82, 2.24) is 30.0 Å². The van der Waals surface area contributed by atoms with Gasteiger partial charge in [0.05, 0.1) is 29.9 Å². The Morgan fingerprint density at radius 3 is 2.76 bits per heavy atom. The standard InChI is InChI=1S/C24H21N9/c1-32-11-16(10-29-32)20-6-17-23(15(7-26)9-28-24(17)31-20)14-2-3-22(27-8-14)33-12-18-19(4-5-25)30-21(18)13-33/h2-3,6,8-11,18-19,21,30H,4,12-13H2,1H3,(H,28,31)/t18-,19+,21-/m0/s1. The van der Waals surface area contributed by atoms with E-state index in [0.717, 1.165) is 52.3 Å². The summed E-state index contributed by atoms with van der Waals surface area (Å²) >= 11 is 0. The molecule has 2 aliphatic rings. The lowest BCUT2D eigenvalue weighted by Gasteiger charge is -2.39. The zero-order chi connectivity index (χ0) is 22.5. The highest BCUT2D eigenvalue weighted by Gasteiger charge is 2.46. The van der Waals surface area contributed by atoms with Crippen molar-refractivity contribution in [2.45, 2.75) is 18.5 Å². The first-order valence-corrected chi connectivity index (χ1v) is 10.9. The number of anilines is 1. The molecule has 4 aromatic heterocycles. The Bertz CT molecular complexity index is 1430. The van der Waals surface area contributed by atoms with Gasteiger partial charge in [0.15, 0.2) is 0 Å². The summed E-state index contributed by atoms with van der Waals surface area (Å²) in [6.07, 6.45) is 7.72. The summed E-state index contributed by atoms with van der Waals surface area (Å²) in [5, 5.41) is 27.3. The van der Waals surface area contributed by atoms with E-state index >= 15 is 0 Å². The first kappa shape index (κ1) is 19.5. The summed E-state index contributed by atoms with van der Waals surface area (Å²) in [5.74, 6) is 1.42. The van der Waals surface area contributed by atoms with Gasteiger partial charge < -0.3 is 15.2 Å². The molecule has 3 atom stereocenters. The molecule has 0 spiro atoms. The van der Waals surface area contributed by atoms with Gasteiger partial charge in [0, 0.05) is 78.8 Å². The third-order valence-electron chi connectivity index (χ3n) is 6.78. The maximum Gasteiger partial charge on any atom is 0.138 e. The summed E-state index contributed by atoms with van der Waals surface area (Å²) in [6.45, 7) is 1.81. The highest BCUT2D eigenvalue weighted by atomic mass is 15.3. The van der Waals surface area contributed by atoms with E-state index in [1.807, 2.05) is 37.6 Å². The van der Waals surface area contributed by atoms with Crippen LogP contribution in [0.15, 0.2) is 43.0 Å². The van der Waals surface area contributed by atoms with E-state index in [1.54, 1.807) is 17.1 Å². The van der Waals surface area contributed by atoms with Crippen LogP contribution < -0.4 is 10.2 Å². The molecule has 6 rings (SSSR count). The lowest BCUT2D eigenvalue weighted by molar-refractivity contribution is 0.195. The van der Waals surface area contributed by atoms with Crippen LogP contribution in [0.3, 0.4) is 0 Å². The molecule has 2 N–H and O–H groups in total. The van der Waals surface area contributed by atoms with E-state index in [0.29, 0.717) is 23.9 Å². The number of hydrogen-bond donors (Lipinski definition) is 2. The molecular formula is C24H21N9. The number of aryl methyl sites for hydroxylation is 1. The molecule has 0 bridgehead atoms. The second kappa shape index (κ2) is 7.44. The second-order valence-electron chi connectivity index (χ2n) is 8.72. The van der Waals surface area contributed by atoms with E-state index in [4.69, 9.17) is 10.2 Å². The second-order valence-corrected chi connectivity index (χ2v) is 8.72. The number of aromatic amines is 1. The molecule has 162 valence electrons. The molecule has 2 fully saturated rings. The number of rotatable bonds is 4. The summed E-state index contributed by atoms with van der Waals surface area (Å²) in [7, 11) is 1.88. The first-order chi connectivity index (χ1) is 16.1. The van der Waals surface area contributed by atoms with Crippen LogP contribution in [0.25, 0.3) is 33.4 Å². The minimum atomic E-state index is 0.287. The SMILES string of the molecule is Cn1cc(-c2cc3c(-c4ccc(N5C[C@@H]6[C@H](C5)N[C@@H]6CC#N)nc4)c(C#N)cnc3[nH]2)cn1. The van der Waals surface area contributed by atoms with Crippen molar-refractivity contribution in [3.63, 3.8) is 0 Å². The number of fused-ring (bicyclic) bond motifs is 2. The number of H-pyrrole nitrogens is 1. The van der Waals surface area contributed by atoms with Crippen LogP contribution >= 0.6 is 0 Å². The highest BCUT2D eigenvalue weighted by Crippen LogP contribution is 2.36. The van der Waals surface area contributed by atoms with Gasteiger partial charge in [-0.3, -0.25) is 4.68 Å². The van der Waals surface area contributed by atoms with E-state index in [9.17, 15) is 5.26 Å². The lowest BCUT2D eigenvalue weighted by atomic mass is 9.84. The van der Waals surface area contributed by atoms with Crippen molar-refractivity contribution in [2.24, 2.45) is 13.0 Å². The van der Waals surface area contributed by atoms with Gasteiger partial charge in [-0.15, -0.1) is 0 Å². The quantitative estimate of drug-likeness (QED) is 0.505. The predicted octanol–water partition coefficient (Wildman–Crippen LogP) is 2.59. The van der Waals surface area contributed by atoms with Crippen LogP contribution in [0.2, 0.25) is 0 Å². The molecule has 33 heavy (non-hydrogen) atoms. The summed E-state index contributed by atoms with van der Waals surface area (Å²) in [6, 6.07) is 11.3. The fourth-order valence-corrected chi connectivity index (χ4v) is 5.10. The first-order valence-electron chi connectivity index (χ1n) is 10.9. The molecule has 0 aromatic carbocycles. The van der Waals surface area contributed by atoms with Gasteiger partial charge in [0.1, 0.15) is 17.5 Å². The van der Waals surface area contributed by atoms with Crippen molar-refractivity contribution in [2.75, 3.05) is 18.0 Å². The fraction of sp³-hybridized carbons (Fsp3) is 0.292. The normalized spacial score (nSPS) is 21.4. The Morgan fingerprint density at radius 1 is 1.12 bits per heavy atom. The largest absolute Gasteiger partial charge is 0.355 e. The van der Waals surface area contributed by atoms with Crippen LogP contribution in [0, 0.1) is 28.6 Å². The molecule has 4 aromatic rings. The summed E-state index contributed by atoms with van der Waals surface area (Å²) in [4.78, 5) is 14.8. The van der Waals surface area contributed by atoms with Gasteiger partial charge in [0.25, 0.3) is 0 Å². The lowest BCUT2D eigenvalue weighted by Crippen LogP contribution is -2.60. The van der Waals surface area contributed by atoms with E-state index < -0.39 is 0 Å². The zero-order valence-corrected chi connectivity index (χ0v) is 18.0. The molecule has 0 amide bonds. The summed E-state index contributed by atoms with van der Waals surface area (Å²) < 4.78 is 1.75. The minimum absolute atomic E-state index is 0.287. The average molecular weight is 435 g/mol. The Labute approximate surface area is 190 Å². The molecule has 6 heterocycles. The average Bonchev–Trinajstić information content (AvgIpc) is 3.53. The summed E-state index contributed by atoms with van der Waals surface area (Å²) in [5.41, 5.74) is 4.79. The number of nitrogens with one attached hydrogen (secondary N) is 2. The molecule has 2 saturated heterocycles. The molecule has 9 nitrogen and oxygen atoms in total. The smallest absolute Gasteiger partial charge is 0.138 e. The van der Waals surface area contributed by atoms with Gasteiger partial charge >= 0.3 is 0 Å². The van der Waals surface area contributed by atoms with Crippen LogP contribution in [-0.4, -0.2) is 49.9 Å². The topological polar surface area (TPSA) is 122 Å². The molecular weight excluding hydrogens is 414 g/mol. The number of hydrogen-bond acceptors (Lipinski definition) is 7. The van der Waals surface area contributed by atoms with E-state index in [2.05, 4.69) is 37.4 Å². The Kier molecular flexibility index (Phi) is 4.39. The van der Waals surface area contributed by atoms with Crippen LogP contribution in [0.5, 0.6) is 0 Å². The number of nitrogens with zero attached hydrogens (tertiary/aromatic N) is 7. The van der Waals surface area contributed by atoms with E-state index in [-0.39, 0.29) is 6.04 Å². The van der Waals surface area contributed by atoms with Gasteiger partial charge in [-0.2, -0.15) is 15.6 Å². The zero-order valence-electron chi connectivity index (χ0n) is 18.0. The van der Waals surface area contributed by atoms with Crippen LogP contribution in [-0.2, 0) is 7.05 Å². The molecule has 2 aliphatic heterocycles.